The maximum absolute atomic E-state index is 13.3. The van der Waals surface area contributed by atoms with Crippen LogP contribution in [0.4, 0.5) is 11.4 Å². The van der Waals surface area contributed by atoms with Crippen molar-refractivity contribution in [3.8, 4) is 11.5 Å². The lowest BCUT2D eigenvalue weighted by Gasteiger charge is -2.35. The topological polar surface area (TPSA) is 90.4 Å². The molecule has 2 aliphatic heterocycles. The van der Waals surface area contributed by atoms with Gasteiger partial charge in [-0.05, 0) is 42.5 Å². The molecule has 0 bridgehead atoms. The van der Waals surface area contributed by atoms with Gasteiger partial charge in [0.2, 0.25) is 15.9 Å². The van der Waals surface area contributed by atoms with Crippen LogP contribution < -0.4 is 14.5 Å². The molecular weight excluding hydrogens is 498 g/mol. The summed E-state index contributed by atoms with van der Waals surface area (Å²) in [6.45, 7) is 2.04. The van der Waals surface area contributed by atoms with Gasteiger partial charge in [0, 0.05) is 43.1 Å². The number of ether oxygens (including phenoxy) is 1. The number of rotatable bonds is 6. The number of hydrogen-bond acceptors (Lipinski definition) is 7. The second kappa shape index (κ2) is 10.0. The number of aromatic hydroxyl groups is 1. The minimum atomic E-state index is -3.66. The van der Waals surface area contributed by atoms with Gasteiger partial charge in [0.15, 0.2) is 11.5 Å². The zero-order valence-electron chi connectivity index (χ0n) is 19.8. The van der Waals surface area contributed by atoms with Crippen LogP contribution in [0.15, 0.2) is 77.7 Å². The molecule has 1 unspecified atom stereocenters. The lowest BCUT2D eigenvalue weighted by Crippen LogP contribution is -2.48. The van der Waals surface area contributed by atoms with Gasteiger partial charge < -0.3 is 14.7 Å². The summed E-state index contributed by atoms with van der Waals surface area (Å²) < 4.78 is 33.3. The first-order valence-electron chi connectivity index (χ1n) is 11.6. The van der Waals surface area contributed by atoms with E-state index in [0.29, 0.717) is 43.2 Å². The molecular formula is C26H27N3O5S2. The predicted molar refractivity (Wildman–Crippen MR) is 141 cm³/mol. The number of carbonyl (C=O) groups is 1. The van der Waals surface area contributed by atoms with E-state index in [1.165, 1.54) is 23.2 Å². The average Bonchev–Trinajstić information content (AvgIpc) is 3.30. The monoisotopic (exact) mass is 525 g/mol. The number of hydrogen-bond donors (Lipinski definition) is 1. The normalized spacial score (nSPS) is 19.0. The Morgan fingerprint density at radius 2 is 1.58 bits per heavy atom. The fourth-order valence-electron chi connectivity index (χ4n) is 4.59. The van der Waals surface area contributed by atoms with Crippen LogP contribution in [0.3, 0.4) is 0 Å². The number of para-hydroxylation sites is 2. The molecule has 0 saturated carbocycles. The number of carbonyl (C=O) groups excluding carboxylic acids is 1. The Balaban J connectivity index is 1.33. The third kappa shape index (κ3) is 4.52. The van der Waals surface area contributed by atoms with Crippen LogP contribution in [0, 0.1) is 0 Å². The lowest BCUT2D eigenvalue weighted by atomic mass is 10.1. The van der Waals surface area contributed by atoms with Crippen LogP contribution in [0.2, 0.25) is 0 Å². The van der Waals surface area contributed by atoms with Crippen molar-refractivity contribution in [2.75, 3.05) is 48.8 Å². The first-order valence-corrected chi connectivity index (χ1v) is 14.1. The van der Waals surface area contributed by atoms with Crippen molar-refractivity contribution in [2.24, 2.45) is 0 Å². The zero-order chi connectivity index (χ0) is 25.3. The smallest absolute Gasteiger partial charge is 0.243 e. The molecule has 2 heterocycles. The number of phenolic OH excluding ortho intramolecular Hbond substituents is 1. The van der Waals surface area contributed by atoms with Crippen LogP contribution in [-0.4, -0.2) is 62.8 Å². The molecule has 0 aliphatic carbocycles. The molecule has 1 atom stereocenters. The first kappa shape index (κ1) is 24.5. The molecule has 3 aromatic rings. The van der Waals surface area contributed by atoms with E-state index < -0.39 is 15.4 Å². The number of anilines is 2. The van der Waals surface area contributed by atoms with Crippen LogP contribution in [0.5, 0.6) is 11.5 Å². The highest BCUT2D eigenvalue weighted by Gasteiger charge is 2.36. The van der Waals surface area contributed by atoms with Crippen molar-refractivity contribution in [3.05, 3.63) is 78.4 Å². The molecule has 3 aromatic carbocycles. The van der Waals surface area contributed by atoms with Crippen molar-refractivity contribution in [1.82, 2.24) is 4.31 Å². The van der Waals surface area contributed by atoms with Gasteiger partial charge in [0.25, 0.3) is 0 Å². The molecule has 8 nitrogen and oxygen atoms in total. The molecule has 0 spiro atoms. The van der Waals surface area contributed by atoms with Crippen LogP contribution in [0.25, 0.3) is 0 Å². The van der Waals surface area contributed by atoms with E-state index in [1.54, 1.807) is 47.4 Å². The van der Waals surface area contributed by atoms with E-state index in [1.807, 2.05) is 30.3 Å². The van der Waals surface area contributed by atoms with Gasteiger partial charge in [-0.3, -0.25) is 9.69 Å². The van der Waals surface area contributed by atoms with E-state index in [-0.39, 0.29) is 22.3 Å². The fraction of sp³-hybridized carbons (Fsp3) is 0.269. The number of piperazine rings is 1. The molecule has 2 aliphatic rings. The number of amides is 1. The Morgan fingerprint density at radius 3 is 2.25 bits per heavy atom. The predicted octanol–water partition coefficient (Wildman–Crippen LogP) is 3.69. The summed E-state index contributed by atoms with van der Waals surface area (Å²) in [5, 5.41) is 10.2. The van der Waals surface area contributed by atoms with Crippen molar-refractivity contribution in [2.45, 2.75) is 10.3 Å². The summed E-state index contributed by atoms with van der Waals surface area (Å²) in [6.07, 6.45) is 0. The van der Waals surface area contributed by atoms with E-state index in [0.717, 1.165) is 5.69 Å². The minimum Gasteiger partial charge on any atom is -0.504 e. The summed E-state index contributed by atoms with van der Waals surface area (Å²) in [5.41, 5.74) is 2.23. The lowest BCUT2D eigenvalue weighted by molar-refractivity contribution is -0.115. The number of sulfonamides is 1. The van der Waals surface area contributed by atoms with Gasteiger partial charge in [0.05, 0.1) is 17.8 Å². The largest absolute Gasteiger partial charge is 0.504 e. The van der Waals surface area contributed by atoms with Crippen molar-refractivity contribution < 1.29 is 23.1 Å². The molecule has 0 radical (unpaired) electrons. The Labute approximate surface area is 215 Å². The van der Waals surface area contributed by atoms with Gasteiger partial charge in [-0.1, -0.05) is 30.3 Å². The van der Waals surface area contributed by atoms with E-state index >= 15 is 0 Å². The maximum atomic E-state index is 13.3. The Bertz CT molecular complexity index is 1340. The Hall–Kier alpha value is -3.21. The van der Waals surface area contributed by atoms with Crippen LogP contribution >= 0.6 is 11.8 Å². The first-order chi connectivity index (χ1) is 17.4. The highest BCUT2D eigenvalue weighted by molar-refractivity contribution is 8.00. The van der Waals surface area contributed by atoms with E-state index in [9.17, 15) is 18.3 Å². The summed E-state index contributed by atoms with van der Waals surface area (Å²) in [7, 11) is -2.18. The number of nitrogens with zero attached hydrogens (tertiary/aromatic N) is 3. The third-order valence-electron chi connectivity index (χ3n) is 6.50. The molecule has 1 amide bonds. The molecule has 188 valence electrons. The fourth-order valence-corrected chi connectivity index (χ4v) is 7.21. The Kier molecular flexibility index (Phi) is 6.83. The third-order valence-corrected chi connectivity index (χ3v) is 9.60. The molecule has 2 saturated heterocycles. The number of phenols is 1. The second-order valence-electron chi connectivity index (χ2n) is 8.55. The van der Waals surface area contributed by atoms with Crippen LogP contribution in [0.1, 0.15) is 10.9 Å². The summed E-state index contributed by atoms with van der Waals surface area (Å²) in [6, 6.07) is 21.6. The van der Waals surface area contributed by atoms with E-state index in [4.69, 9.17) is 4.74 Å². The summed E-state index contributed by atoms with van der Waals surface area (Å²) >= 11 is 1.40. The quantitative estimate of drug-likeness (QED) is 0.525. The van der Waals surface area contributed by atoms with Crippen LogP contribution in [-0.2, 0) is 14.8 Å². The minimum absolute atomic E-state index is 0.00829. The number of thioether (sulfide) groups is 1. The molecule has 1 N–H and O–H groups in total. The second-order valence-corrected chi connectivity index (χ2v) is 11.6. The standard InChI is InChI=1S/C26H27N3O5S2/c1-34-23-9-5-8-22(25(23)31)26-29(24(30)18-35-26)20-10-12-21(13-11-20)36(32,33)28-16-14-27(15-17-28)19-6-3-2-4-7-19/h2-13,26,31H,14-18H2,1H3. The SMILES string of the molecule is COc1cccc(C2SCC(=O)N2c2ccc(S(=O)(=O)N3CCN(c4ccccc4)CC3)cc2)c1O. The highest BCUT2D eigenvalue weighted by atomic mass is 32.2. The average molecular weight is 526 g/mol. The van der Waals surface area contributed by atoms with Crippen molar-refractivity contribution in [1.29, 1.82) is 0 Å². The van der Waals surface area contributed by atoms with Gasteiger partial charge in [0.1, 0.15) is 5.37 Å². The molecule has 36 heavy (non-hydrogen) atoms. The van der Waals surface area contributed by atoms with E-state index in [2.05, 4.69) is 4.90 Å². The summed E-state index contributed by atoms with van der Waals surface area (Å²) in [4.78, 5) is 16.7. The Morgan fingerprint density at radius 1 is 0.889 bits per heavy atom. The van der Waals surface area contributed by atoms with Crippen molar-refractivity contribution in [3.63, 3.8) is 0 Å². The zero-order valence-corrected chi connectivity index (χ0v) is 21.4. The maximum Gasteiger partial charge on any atom is 0.243 e. The van der Waals surface area contributed by atoms with Crippen molar-refractivity contribution >= 4 is 39.1 Å². The molecule has 0 aromatic heterocycles. The number of benzene rings is 3. The molecule has 2 fully saturated rings. The number of methoxy groups -OCH3 is 1. The van der Waals surface area contributed by atoms with Gasteiger partial charge >= 0.3 is 0 Å². The molecule has 10 heteroatoms. The highest BCUT2D eigenvalue weighted by Crippen LogP contribution is 2.47. The van der Waals surface area contributed by atoms with Gasteiger partial charge in [-0.15, -0.1) is 11.8 Å². The van der Waals surface area contributed by atoms with Gasteiger partial charge in [-0.25, -0.2) is 8.42 Å². The molecule has 5 rings (SSSR count). The summed E-state index contributed by atoms with van der Waals surface area (Å²) in [5.74, 6) is 0.472. The van der Waals surface area contributed by atoms with Gasteiger partial charge in [-0.2, -0.15) is 4.31 Å².